The van der Waals surface area contributed by atoms with E-state index < -0.39 is 28.5 Å². The quantitative estimate of drug-likeness (QED) is 0.437. The lowest BCUT2D eigenvalue weighted by atomic mass is 10.1. The minimum Gasteiger partial charge on any atom is -0.352 e. The second-order valence-electron chi connectivity index (χ2n) is 8.77. The van der Waals surface area contributed by atoms with E-state index in [1.807, 2.05) is 13.0 Å². The summed E-state index contributed by atoms with van der Waals surface area (Å²) in [6.07, 6.45) is 5.43. The molecule has 2 aromatic carbocycles. The molecule has 2 aromatic rings. The number of carbonyl (C=O) groups is 2. The number of hydrogen-bond acceptors (Lipinski definition) is 4. The summed E-state index contributed by atoms with van der Waals surface area (Å²) < 4.78 is 27.1. The Morgan fingerprint density at radius 3 is 2.31 bits per heavy atom. The van der Waals surface area contributed by atoms with Crippen LogP contribution in [0.2, 0.25) is 5.02 Å². The van der Waals surface area contributed by atoms with Gasteiger partial charge in [0.1, 0.15) is 12.6 Å². The number of nitrogens with zero attached hydrogens (tertiary/aromatic N) is 2. The summed E-state index contributed by atoms with van der Waals surface area (Å²) in [6.45, 7) is 1.50. The van der Waals surface area contributed by atoms with Gasteiger partial charge in [0.15, 0.2) is 0 Å². The highest BCUT2D eigenvalue weighted by Gasteiger charge is 2.33. The largest absolute Gasteiger partial charge is 0.352 e. The van der Waals surface area contributed by atoms with E-state index in [1.54, 1.807) is 42.5 Å². The van der Waals surface area contributed by atoms with Crippen molar-refractivity contribution < 1.29 is 18.0 Å². The van der Waals surface area contributed by atoms with Crippen molar-refractivity contribution in [2.24, 2.45) is 0 Å². The third-order valence-electron chi connectivity index (χ3n) is 6.18. The fourth-order valence-electron chi connectivity index (χ4n) is 4.32. The van der Waals surface area contributed by atoms with Gasteiger partial charge in [0, 0.05) is 22.1 Å². The molecule has 1 unspecified atom stereocenters. The van der Waals surface area contributed by atoms with Gasteiger partial charge in [0.25, 0.3) is 0 Å². The summed E-state index contributed by atoms with van der Waals surface area (Å²) in [7, 11) is -3.77. The van der Waals surface area contributed by atoms with Crippen molar-refractivity contribution >= 4 is 55.1 Å². The van der Waals surface area contributed by atoms with Gasteiger partial charge in [-0.3, -0.25) is 13.9 Å². The van der Waals surface area contributed by atoms with Crippen molar-refractivity contribution in [3.05, 3.63) is 63.6 Å². The van der Waals surface area contributed by atoms with Gasteiger partial charge in [-0.2, -0.15) is 0 Å². The van der Waals surface area contributed by atoms with Crippen molar-refractivity contribution in [2.75, 3.05) is 17.1 Å². The summed E-state index contributed by atoms with van der Waals surface area (Å²) in [5.74, 6) is -0.707. The Bertz CT molecular complexity index is 1140. The molecule has 0 bridgehead atoms. The standard InChI is InChI=1S/C25H31BrClN3O4S/c1-3-23(25(32)28-20-9-5-6-10-20)29(16-18-8-4-7-11-22(18)27)24(31)17-30(35(2,33)34)21-14-12-19(26)13-15-21/h4,7-8,11-15,20,23H,3,5-6,9-10,16-17H2,1-2H3,(H,28,32). The fraction of sp³-hybridized carbons (Fsp3) is 0.440. The molecule has 0 saturated heterocycles. The molecule has 7 nitrogen and oxygen atoms in total. The molecule has 1 N–H and O–H groups in total. The lowest BCUT2D eigenvalue weighted by Gasteiger charge is -2.33. The van der Waals surface area contributed by atoms with Crippen LogP contribution in [0, 0.1) is 0 Å². The van der Waals surface area contributed by atoms with Crippen LogP contribution in [-0.4, -0.2) is 50.0 Å². The Kier molecular flexibility index (Phi) is 9.61. The molecule has 0 aromatic heterocycles. The van der Waals surface area contributed by atoms with E-state index in [2.05, 4.69) is 21.2 Å². The zero-order valence-corrected chi connectivity index (χ0v) is 23.1. The number of sulfonamides is 1. The molecule has 1 aliphatic rings. The number of carbonyl (C=O) groups excluding carboxylic acids is 2. The molecule has 1 aliphatic carbocycles. The van der Waals surface area contributed by atoms with Gasteiger partial charge in [-0.25, -0.2) is 8.42 Å². The monoisotopic (exact) mass is 583 g/mol. The molecule has 10 heteroatoms. The molecule has 35 heavy (non-hydrogen) atoms. The number of nitrogens with one attached hydrogen (secondary N) is 1. The molecular formula is C25H31BrClN3O4S. The zero-order valence-electron chi connectivity index (χ0n) is 19.9. The second kappa shape index (κ2) is 12.2. The smallest absolute Gasteiger partial charge is 0.244 e. The molecule has 0 radical (unpaired) electrons. The van der Waals surface area contributed by atoms with Crippen molar-refractivity contribution in [1.82, 2.24) is 10.2 Å². The Morgan fingerprint density at radius 2 is 1.74 bits per heavy atom. The second-order valence-corrected chi connectivity index (χ2v) is 12.0. The molecule has 2 amide bonds. The van der Waals surface area contributed by atoms with Crippen LogP contribution in [0.3, 0.4) is 0 Å². The lowest BCUT2D eigenvalue weighted by Crippen LogP contribution is -2.53. The Balaban J connectivity index is 1.92. The molecule has 0 heterocycles. The van der Waals surface area contributed by atoms with Crippen LogP contribution in [-0.2, 0) is 26.2 Å². The first-order chi connectivity index (χ1) is 16.6. The van der Waals surface area contributed by atoms with Gasteiger partial charge in [-0.05, 0) is 55.2 Å². The minimum absolute atomic E-state index is 0.0903. The lowest BCUT2D eigenvalue weighted by molar-refractivity contribution is -0.140. The maximum Gasteiger partial charge on any atom is 0.244 e. The van der Waals surface area contributed by atoms with Gasteiger partial charge >= 0.3 is 0 Å². The third-order valence-corrected chi connectivity index (χ3v) is 8.22. The van der Waals surface area contributed by atoms with Crippen molar-refractivity contribution in [3.8, 4) is 0 Å². The number of rotatable bonds is 10. The highest BCUT2D eigenvalue weighted by atomic mass is 79.9. The molecule has 0 aliphatic heterocycles. The van der Waals surface area contributed by atoms with Gasteiger partial charge in [-0.1, -0.05) is 65.5 Å². The normalized spacial score (nSPS) is 15.0. The van der Waals surface area contributed by atoms with Crippen LogP contribution in [0.1, 0.15) is 44.6 Å². The van der Waals surface area contributed by atoms with Crippen molar-refractivity contribution in [2.45, 2.75) is 57.7 Å². The number of amides is 2. The minimum atomic E-state index is -3.77. The average molecular weight is 585 g/mol. The van der Waals surface area contributed by atoms with Gasteiger partial charge in [-0.15, -0.1) is 0 Å². The van der Waals surface area contributed by atoms with Crippen LogP contribution < -0.4 is 9.62 Å². The summed E-state index contributed by atoms with van der Waals surface area (Å²) in [5, 5.41) is 3.56. The number of benzene rings is 2. The Morgan fingerprint density at radius 1 is 1.11 bits per heavy atom. The van der Waals surface area contributed by atoms with Gasteiger partial charge in [0.05, 0.1) is 11.9 Å². The predicted molar refractivity (Wildman–Crippen MR) is 143 cm³/mol. The number of hydrogen-bond donors (Lipinski definition) is 1. The van der Waals surface area contributed by atoms with E-state index in [-0.39, 0.29) is 18.5 Å². The summed E-state index contributed by atoms with van der Waals surface area (Å²) in [4.78, 5) is 28.4. The van der Waals surface area contributed by atoms with E-state index in [1.165, 1.54) is 4.90 Å². The first kappa shape index (κ1) is 27.5. The van der Waals surface area contributed by atoms with Crippen LogP contribution in [0.25, 0.3) is 0 Å². The average Bonchev–Trinajstić information content (AvgIpc) is 3.31. The third kappa shape index (κ3) is 7.44. The topological polar surface area (TPSA) is 86.8 Å². The molecule has 1 fully saturated rings. The first-order valence-electron chi connectivity index (χ1n) is 11.7. The van der Waals surface area contributed by atoms with Crippen molar-refractivity contribution in [1.29, 1.82) is 0 Å². The molecule has 3 rings (SSSR count). The molecule has 190 valence electrons. The van der Waals surface area contributed by atoms with Crippen LogP contribution in [0.4, 0.5) is 5.69 Å². The van der Waals surface area contributed by atoms with Crippen LogP contribution >= 0.6 is 27.5 Å². The SMILES string of the molecule is CCC(C(=O)NC1CCCC1)N(Cc1ccccc1Cl)C(=O)CN(c1ccc(Br)cc1)S(C)(=O)=O. The Hall–Kier alpha value is -2.10. The van der Waals surface area contributed by atoms with E-state index in [9.17, 15) is 18.0 Å². The molecular weight excluding hydrogens is 554 g/mol. The number of halogens is 2. The highest BCUT2D eigenvalue weighted by molar-refractivity contribution is 9.10. The maximum absolute atomic E-state index is 13.7. The maximum atomic E-state index is 13.7. The van der Waals surface area contributed by atoms with E-state index in [0.717, 1.165) is 40.7 Å². The highest BCUT2D eigenvalue weighted by Crippen LogP contribution is 2.24. The van der Waals surface area contributed by atoms with Crippen LogP contribution in [0.15, 0.2) is 53.0 Å². The summed E-state index contributed by atoms with van der Waals surface area (Å²) >= 11 is 9.72. The predicted octanol–water partition coefficient (Wildman–Crippen LogP) is 4.73. The van der Waals surface area contributed by atoms with E-state index in [4.69, 9.17) is 11.6 Å². The fourth-order valence-corrected chi connectivity index (χ4v) is 5.63. The van der Waals surface area contributed by atoms with Crippen molar-refractivity contribution in [3.63, 3.8) is 0 Å². The van der Waals surface area contributed by atoms with E-state index in [0.29, 0.717) is 22.7 Å². The number of anilines is 1. The van der Waals surface area contributed by atoms with Gasteiger partial charge in [0.2, 0.25) is 21.8 Å². The first-order valence-corrected chi connectivity index (χ1v) is 14.7. The molecule has 0 spiro atoms. The molecule has 1 atom stereocenters. The summed E-state index contributed by atoms with van der Waals surface area (Å²) in [5.41, 5.74) is 1.05. The van der Waals surface area contributed by atoms with Crippen LogP contribution in [0.5, 0.6) is 0 Å². The van der Waals surface area contributed by atoms with Gasteiger partial charge < -0.3 is 10.2 Å². The molecule has 1 saturated carbocycles. The van der Waals surface area contributed by atoms with E-state index >= 15 is 0 Å². The Labute approximate surface area is 221 Å². The summed E-state index contributed by atoms with van der Waals surface area (Å²) in [6, 6.07) is 13.1. The zero-order chi connectivity index (χ0) is 25.6.